The maximum absolute atomic E-state index is 5.81. The molecule has 4 rings (SSSR count). The number of rotatable bonds is 7. The highest BCUT2D eigenvalue weighted by Gasteiger charge is 2.17. The molecule has 0 amide bonds. The highest BCUT2D eigenvalue weighted by molar-refractivity contribution is 6.02. The Morgan fingerprint density at radius 1 is 1.04 bits per heavy atom. The third-order valence-corrected chi connectivity index (χ3v) is 5.33. The molecular formula is C24H27N3O. The monoisotopic (exact) mass is 373 g/mol. The molecule has 0 atom stereocenters. The second-order valence-corrected chi connectivity index (χ2v) is 7.17. The Morgan fingerprint density at radius 3 is 2.71 bits per heavy atom. The first-order valence-electron chi connectivity index (χ1n) is 10.1. The molecule has 4 heteroatoms. The summed E-state index contributed by atoms with van der Waals surface area (Å²) in [5, 5.41) is 2.41. The minimum absolute atomic E-state index is 0.626. The molecule has 2 aromatic heterocycles. The SMILES string of the molecule is CCOc1ccc(-c2[nH]c3c(C)cccc3c2CCCCN)c2cccnc12. The van der Waals surface area contributed by atoms with Gasteiger partial charge in [0.25, 0.3) is 0 Å². The van der Waals surface area contributed by atoms with Gasteiger partial charge in [-0.2, -0.15) is 0 Å². The van der Waals surface area contributed by atoms with Crippen molar-refractivity contribution in [2.24, 2.45) is 5.73 Å². The highest BCUT2D eigenvalue weighted by Crippen LogP contribution is 2.38. The van der Waals surface area contributed by atoms with E-state index >= 15 is 0 Å². The molecule has 2 heterocycles. The lowest BCUT2D eigenvalue weighted by Gasteiger charge is -2.12. The highest BCUT2D eigenvalue weighted by atomic mass is 16.5. The van der Waals surface area contributed by atoms with Crippen molar-refractivity contribution in [3.05, 3.63) is 59.8 Å². The van der Waals surface area contributed by atoms with Crippen molar-refractivity contribution < 1.29 is 4.74 Å². The Kier molecular flexibility index (Phi) is 5.31. The normalized spacial score (nSPS) is 11.4. The molecule has 28 heavy (non-hydrogen) atoms. The quantitative estimate of drug-likeness (QED) is 0.428. The van der Waals surface area contributed by atoms with Crippen LogP contribution in [0.4, 0.5) is 0 Å². The summed E-state index contributed by atoms with van der Waals surface area (Å²) in [4.78, 5) is 8.33. The van der Waals surface area contributed by atoms with Crippen LogP contribution in [-0.2, 0) is 6.42 Å². The zero-order valence-electron chi connectivity index (χ0n) is 16.6. The van der Waals surface area contributed by atoms with Crippen LogP contribution in [0.5, 0.6) is 5.75 Å². The molecule has 0 fully saturated rings. The van der Waals surface area contributed by atoms with Crippen molar-refractivity contribution in [2.75, 3.05) is 13.2 Å². The number of hydrogen-bond donors (Lipinski definition) is 2. The fourth-order valence-electron chi connectivity index (χ4n) is 3.99. The molecule has 0 aliphatic rings. The third kappa shape index (κ3) is 3.25. The molecule has 4 nitrogen and oxygen atoms in total. The van der Waals surface area contributed by atoms with Crippen molar-refractivity contribution in [1.29, 1.82) is 0 Å². The van der Waals surface area contributed by atoms with Gasteiger partial charge in [-0.05, 0) is 69.0 Å². The van der Waals surface area contributed by atoms with Crippen LogP contribution in [0.3, 0.4) is 0 Å². The van der Waals surface area contributed by atoms with Gasteiger partial charge in [0.1, 0.15) is 11.3 Å². The van der Waals surface area contributed by atoms with Gasteiger partial charge in [0.2, 0.25) is 0 Å². The smallest absolute Gasteiger partial charge is 0.145 e. The fraction of sp³-hybridized carbons (Fsp3) is 0.292. The number of benzene rings is 2. The van der Waals surface area contributed by atoms with E-state index in [0.29, 0.717) is 6.61 Å². The molecule has 0 saturated heterocycles. The van der Waals surface area contributed by atoms with Gasteiger partial charge in [-0.1, -0.05) is 24.3 Å². The lowest BCUT2D eigenvalue weighted by Crippen LogP contribution is -1.99. The number of unbranched alkanes of at least 4 members (excludes halogenated alkanes) is 1. The van der Waals surface area contributed by atoms with Crippen molar-refractivity contribution in [1.82, 2.24) is 9.97 Å². The number of ether oxygens (including phenoxy) is 1. The second kappa shape index (κ2) is 8.03. The van der Waals surface area contributed by atoms with E-state index < -0.39 is 0 Å². The number of aromatic amines is 1. The number of aryl methyl sites for hydroxylation is 2. The number of hydrogen-bond acceptors (Lipinski definition) is 3. The van der Waals surface area contributed by atoms with Gasteiger partial charge in [0.05, 0.1) is 12.3 Å². The summed E-state index contributed by atoms with van der Waals surface area (Å²) in [5.41, 5.74) is 12.8. The van der Waals surface area contributed by atoms with Gasteiger partial charge in [-0.25, -0.2) is 0 Å². The lowest BCUT2D eigenvalue weighted by atomic mass is 9.97. The minimum Gasteiger partial charge on any atom is -0.492 e. The standard InChI is InChI=1S/C24H27N3O/c1-3-28-21-13-12-20(19-11-7-15-26-24(19)21)23-18(9-4-5-14-25)17-10-6-8-16(2)22(17)27-23/h6-8,10-13,15,27H,3-5,9,14,25H2,1-2H3. The van der Waals surface area contributed by atoms with Crippen molar-refractivity contribution in [3.8, 4) is 17.0 Å². The third-order valence-electron chi connectivity index (χ3n) is 5.33. The molecule has 144 valence electrons. The van der Waals surface area contributed by atoms with Gasteiger partial charge in [-0.3, -0.25) is 4.98 Å². The zero-order chi connectivity index (χ0) is 19.5. The average Bonchev–Trinajstić information content (AvgIpc) is 3.08. The molecule has 0 aliphatic heterocycles. The predicted octanol–water partition coefficient (Wildman–Crippen LogP) is 5.37. The van der Waals surface area contributed by atoms with E-state index in [-0.39, 0.29) is 0 Å². The van der Waals surface area contributed by atoms with Crippen LogP contribution >= 0.6 is 0 Å². The Labute approximate surface area is 165 Å². The van der Waals surface area contributed by atoms with E-state index in [1.807, 2.05) is 25.3 Å². The van der Waals surface area contributed by atoms with E-state index in [0.717, 1.165) is 42.5 Å². The Hall–Kier alpha value is -2.85. The molecule has 0 aliphatic carbocycles. The Bertz CT molecular complexity index is 1110. The summed E-state index contributed by atoms with van der Waals surface area (Å²) in [6, 6.07) is 14.8. The number of aromatic nitrogens is 2. The zero-order valence-corrected chi connectivity index (χ0v) is 16.6. The topological polar surface area (TPSA) is 63.9 Å². The summed E-state index contributed by atoms with van der Waals surface area (Å²) in [7, 11) is 0. The molecule has 0 saturated carbocycles. The van der Waals surface area contributed by atoms with E-state index in [2.05, 4.69) is 47.2 Å². The van der Waals surface area contributed by atoms with Crippen LogP contribution in [0.1, 0.15) is 30.9 Å². The number of fused-ring (bicyclic) bond motifs is 2. The van der Waals surface area contributed by atoms with Crippen molar-refractivity contribution >= 4 is 21.8 Å². The van der Waals surface area contributed by atoms with E-state index in [4.69, 9.17) is 10.5 Å². The van der Waals surface area contributed by atoms with Crippen LogP contribution in [0.25, 0.3) is 33.1 Å². The summed E-state index contributed by atoms with van der Waals surface area (Å²) in [5.74, 6) is 0.832. The maximum atomic E-state index is 5.81. The largest absolute Gasteiger partial charge is 0.492 e. The van der Waals surface area contributed by atoms with Crippen LogP contribution < -0.4 is 10.5 Å². The number of para-hydroxylation sites is 1. The van der Waals surface area contributed by atoms with Gasteiger partial charge < -0.3 is 15.5 Å². The summed E-state index contributed by atoms with van der Waals surface area (Å²) >= 11 is 0. The number of nitrogens with one attached hydrogen (secondary N) is 1. The molecule has 0 spiro atoms. The van der Waals surface area contributed by atoms with Crippen molar-refractivity contribution in [3.63, 3.8) is 0 Å². The first kappa shape index (κ1) is 18.5. The fourth-order valence-corrected chi connectivity index (χ4v) is 3.99. The molecule has 0 unspecified atom stereocenters. The molecule has 0 bridgehead atoms. The molecule has 3 N–H and O–H groups in total. The van der Waals surface area contributed by atoms with Crippen LogP contribution in [0.15, 0.2) is 48.7 Å². The van der Waals surface area contributed by atoms with E-state index in [1.54, 1.807) is 0 Å². The maximum Gasteiger partial charge on any atom is 0.145 e. The molecule has 4 aromatic rings. The average molecular weight is 374 g/mol. The molecular weight excluding hydrogens is 346 g/mol. The molecule has 2 aromatic carbocycles. The summed E-state index contributed by atoms with van der Waals surface area (Å²) in [6.07, 6.45) is 4.94. The number of H-pyrrole nitrogens is 1. The van der Waals surface area contributed by atoms with Crippen LogP contribution in [0, 0.1) is 6.92 Å². The first-order valence-corrected chi connectivity index (χ1v) is 10.1. The first-order chi connectivity index (χ1) is 13.7. The van der Waals surface area contributed by atoms with Gasteiger partial charge >= 0.3 is 0 Å². The summed E-state index contributed by atoms with van der Waals surface area (Å²) in [6.45, 7) is 5.51. The number of nitrogens with two attached hydrogens (primary N) is 1. The molecule has 0 radical (unpaired) electrons. The van der Waals surface area contributed by atoms with E-state index in [9.17, 15) is 0 Å². The van der Waals surface area contributed by atoms with Gasteiger partial charge in [0.15, 0.2) is 0 Å². The van der Waals surface area contributed by atoms with Crippen LogP contribution in [0.2, 0.25) is 0 Å². The minimum atomic E-state index is 0.626. The summed E-state index contributed by atoms with van der Waals surface area (Å²) < 4.78 is 5.81. The number of nitrogens with zero attached hydrogens (tertiary/aromatic N) is 1. The lowest BCUT2D eigenvalue weighted by molar-refractivity contribution is 0.343. The van der Waals surface area contributed by atoms with E-state index in [1.165, 1.54) is 33.3 Å². The predicted molar refractivity (Wildman–Crippen MR) is 117 cm³/mol. The number of pyridine rings is 1. The Morgan fingerprint density at radius 2 is 1.89 bits per heavy atom. The van der Waals surface area contributed by atoms with Gasteiger partial charge in [0, 0.05) is 28.0 Å². The van der Waals surface area contributed by atoms with Crippen LogP contribution in [-0.4, -0.2) is 23.1 Å². The Balaban J connectivity index is 1.95. The second-order valence-electron chi connectivity index (χ2n) is 7.17. The van der Waals surface area contributed by atoms with Gasteiger partial charge in [-0.15, -0.1) is 0 Å². The van der Waals surface area contributed by atoms with Crippen molar-refractivity contribution in [2.45, 2.75) is 33.1 Å².